The molecule has 0 aromatic heterocycles. The Bertz CT molecular complexity index is 479. The molecular formula is C26H48CeO8. The van der Waals surface area contributed by atoms with Crippen molar-refractivity contribution in [3.8, 4) is 0 Å². The minimum Gasteiger partial charge on any atom is -0.550 e. The molecule has 0 bridgehead atoms. The third-order valence-corrected chi connectivity index (χ3v) is 5.49. The Hall–Kier alpha value is -0.743. The van der Waals surface area contributed by atoms with Gasteiger partial charge in [0.2, 0.25) is 0 Å². The molecule has 8 nitrogen and oxygen atoms in total. The number of carbonyl (C=O) groups excluding carboxylic acids is 4. The van der Waals surface area contributed by atoms with Gasteiger partial charge in [-0.3, -0.25) is 0 Å². The van der Waals surface area contributed by atoms with Crippen molar-refractivity contribution >= 4 is 23.9 Å². The third kappa shape index (κ3) is 33.3. The van der Waals surface area contributed by atoms with Crippen LogP contribution in [-0.2, 0) is 19.2 Å². The largest absolute Gasteiger partial charge is 4.00 e. The standard InChI is InChI=1S/2C8H16O2.2C5H10O2.Ce/c2*1-3-5-6-7(4-2)8(9)10;2*1-3-4(2)5(6)7;/h2*7H,3-6H2,1-2H3,(H,9,10);2*4H,3H2,1-2H3,(H,6,7);/q;;;;+4/p-4. The van der Waals surface area contributed by atoms with Crippen molar-refractivity contribution in [2.45, 2.75) is 120 Å². The van der Waals surface area contributed by atoms with Gasteiger partial charge in [0.25, 0.3) is 0 Å². The number of carboxylic acid groups (broad SMARTS) is 4. The molecule has 0 amide bonds. The van der Waals surface area contributed by atoms with Crippen LogP contribution in [0.5, 0.6) is 0 Å². The number of carboxylic acids is 4. The number of carbonyl (C=O) groups is 4. The summed E-state index contributed by atoms with van der Waals surface area (Å²) in [6, 6.07) is 0. The molecule has 0 aliphatic heterocycles. The van der Waals surface area contributed by atoms with Gasteiger partial charge in [-0.2, -0.15) is 0 Å². The van der Waals surface area contributed by atoms with Gasteiger partial charge in [-0.05, 0) is 62.2 Å². The van der Waals surface area contributed by atoms with Gasteiger partial charge in [0, 0.05) is 23.9 Å². The molecule has 9 heteroatoms. The topological polar surface area (TPSA) is 161 Å². The number of aliphatic carboxylic acids is 4. The van der Waals surface area contributed by atoms with Crippen molar-refractivity contribution in [2.24, 2.45) is 23.7 Å². The maximum absolute atomic E-state index is 10.3. The monoisotopic (exact) mass is 628 g/mol. The van der Waals surface area contributed by atoms with Gasteiger partial charge in [-0.1, -0.05) is 81.1 Å². The second-order valence-electron chi connectivity index (χ2n) is 8.39. The van der Waals surface area contributed by atoms with E-state index >= 15 is 0 Å². The fourth-order valence-electron chi connectivity index (χ4n) is 2.21. The van der Waals surface area contributed by atoms with E-state index in [9.17, 15) is 39.6 Å². The molecule has 0 spiro atoms. The van der Waals surface area contributed by atoms with Gasteiger partial charge >= 0.3 is 41.7 Å². The molecule has 0 saturated heterocycles. The first kappa shape index (κ1) is 44.3. The maximum atomic E-state index is 10.3. The molecule has 0 saturated carbocycles. The Morgan fingerprint density at radius 2 is 0.771 bits per heavy atom. The van der Waals surface area contributed by atoms with Crippen molar-refractivity contribution in [1.82, 2.24) is 0 Å². The van der Waals surface area contributed by atoms with Gasteiger partial charge in [-0.25, -0.2) is 0 Å². The van der Waals surface area contributed by atoms with Crippen molar-refractivity contribution in [3.63, 3.8) is 0 Å². The minimum absolute atomic E-state index is 0. The summed E-state index contributed by atoms with van der Waals surface area (Å²) in [4.78, 5) is 40.3. The molecule has 0 aliphatic rings. The molecule has 4 unspecified atom stereocenters. The Balaban J connectivity index is -0.000000115. The van der Waals surface area contributed by atoms with Crippen LogP contribution < -0.4 is 20.4 Å². The Morgan fingerprint density at radius 1 is 0.514 bits per heavy atom. The number of unbranched alkanes of at least 4 members (excludes halogenated alkanes) is 2. The average molecular weight is 629 g/mol. The predicted octanol–water partition coefficient (Wildman–Crippen LogP) is 1.47. The molecule has 0 radical (unpaired) electrons. The van der Waals surface area contributed by atoms with E-state index in [0.29, 0.717) is 25.7 Å². The van der Waals surface area contributed by atoms with Crippen molar-refractivity contribution in [3.05, 3.63) is 0 Å². The van der Waals surface area contributed by atoms with E-state index < -0.39 is 23.9 Å². The van der Waals surface area contributed by atoms with Crippen molar-refractivity contribution in [1.29, 1.82) is 0 Å². The molecule has 0 rings (SSSR count). The first-order valence-corrected chi connectivity index (χ1v) is 12.6. The van der Waals surface area contributed by atoms with Gasteiger partial charge < -0.3 is 39.6 Å². The molecule has 35 heavy (non-hydrogen) atoms. The van der Waals surface area contributed by atoms with Crippen LogP contribution in [0.1, 0.15) is 120 Å². The fourth-order valence-corrected chi connectivity index (χ4v) is 2.21. The Morgan fingerprint density at radius 3 is 0.857 bits per heavy atom. The second-order valence-corrected chi connectivity index (χ2v) is 8.39. The van der Waals surface area contributed by atoms with E-state index in [1.54, 1.807) is 13.8 Å². The summed E-state index contributed by atoms with van der Waals surface area (Å²) in [7, 11) is 0. The van der Waals surface area contributed by atoms with Crippen LogP contribution in [0.25, 0.3) is 0 Å². The first-order chi connectivity index (χ1) is 15.8. The molecule has 0 aromatic rings. The van der Waals surface area contributed by atoms with E-state index in [-0.39, 0.29) is 65.4 Å². The first-order valence-electron chi connectivity index (χ1n) is 12.6. The van der Waals surface area contributed by atoms with Crippen molar-refractivity contribution in [2.75, 3.05) is 0 Å². The molecule has 0 heterocycles. The number of hydrogen-bond donors (Lipinski definition) is 0. The van der Waals surface area contributed by atoms with Crippen LogP contribution in [-0.4, -0.2) is 23.9 Å². The summed E-state index contributed by atoms with van der Waals surface area (Å²) in [5.74, 6) is -4.73. The van der Waals surface area contributed by atoms with Gasteiger partial charge in [0.05, 0.1) is 0 Å². The van der Waals surface area contributed by atoms with Crippen LogP contribution in [0.2, 0.25) is 0 Å². The van der Waals surface area contributed by atoms with Crippen LogP contribution in [0.3, 0.4) is 0 Å². The summed E-state index contributed by atoms with van der Waals surface area (Å²) in [5, 5.41) is 40.3. The van der Waals surface area contributed by atoms with Crippen molar-refractivity contribution < 1.29 is 81.4 Å². The van der Waals surface area contributed by atoms with Gasteiger partial charge in [0.1, 0.15) is 0 Å². The van der Waals surface area contributed by atoms with E-state index in [0.717, 1.165) is 38.5 Å². The molecule has 204 valence electrons. The SMILES string of the molecule is CCC(C)C(=O)[O-].CCC(C)C(=O)[O-].CCCCC(CC)C(=O)[O-].CCCCC(CC)C(=O)[O-].[Ce+4]. The van der Waals surface area contributed by atoms with E-state index in [1.165, 1.54) is 0 Å². The quantitative estimate of drug-likeness (QED) is 0.280. The fraction of sp³-hybridized carbons (Fsp3) is 0.846. The smallest absolute Gasteiger partial charge is 0.550 e. The van der Waals surface area contributed by atoms with Gasteiger partial charge in [0.15, 0.2) is 0 Å². The third-order valence-electron chi connectivity index (χ3n) is 5.49. The van der Waals surface area contributed by atoms with Gasteiger partial charge in [-0.15, -0.1) is 0 Å². The molecule has 0 fully saturated rings. The average Bonchev–Trinajstić information content (AvgIpc) is 2.79. The van der Waals surface area contributed by atoms with E-state index in [2.05, 4.69) is 13.8 Å². The van der Waals surface area contributed by atoms with Crippen LogP contribution in [0.4, 0.5) is 0 Å². The summed E-state index contributed by atoms with van der Waals surface area (Å²) < 4.78 is 0. The zero-order valence-corrected chi connectivity index (χ0v) is 26.3. The normalized spacial score (nSPS) is 12.8. The molecule has 0 N–H and O–H groups in total. The van der Waals surface area contributed by atoms with Crippen LogP contribution in [0, 0.1) is 65.4 Å². The Kier molecular flexibility index (Phi) is 39.6. The Labute approximate surface area is 247 Å². The second kappa shape index (κ2) is 31.3. The molecule has 0 aliphatic carbocycles. The molecular weight excluding hydrogens is 580 g/mol. The predicted molar refractivity (Wildman–Crippen MR) is 126 cm³/mol. The summed E-state index contributed by atoms with van der Waals surface area (Å²) in [5.41, 5.74) is 0. The molecule has 0 aromatic carbocycles. The summed E-state index contributed by atoms with van der Waals surface area (Å²) in [6.45, 7) is 14.8. The van der Waals surface area contributed by atoms with E-state index in [4.69, 9.17) is 0 Å². The van der Waals surface area contributed by atoms with E-state index in [1.807, 2.05) is 27.7 Å². The summed E-state index contributed by atoms with van der Waals surface area (Å²) >= 11 is 0. The number of rotatable bonds is 14. The zero-order valence-electron chi connectivity index (χ0n) is 23.1. The number of hydrogen-bond acceptors (Lipinski definition) is 8. The maximum Gasteiger partial charge on any atom is 4.00 e. The van der Waals surface area contributed by atoms with Crippen LogP contribution in [0.15, 0.2) is 0 Å². The minimum atomic E-state index is -0.956. The van der Waals surface area contributed by atoms with Crippen LogP contribution >= 0.6 is 0 Å². The zero-order chi connectivity index (χ0) is 27.7. The molecule has 4 atom stereocenters. The summed E-state index contributed by atoms with van der Waals surface area (Å²) in [6.07, 6.45) is 8.35.